The Morgan fingerprint density at radius 3 is 2.70 bits per heavy atom. The summed E-state index contributed by atoms with van der Waals surface area (Å²) in [5.41, 5.74) is 2.88. The summed E-state index contributed by atoms with van der Waals surface area (Å²) < 4.78 is 6.41. The first kappa shape index (κ1) is 13.2. The van der Waals surface area contributed by atoms with Gasteiger partial charge in [0.05, 0.1) is 11.8 Å². The maximum Gasteiger partial charge on any atom is 0.188 e. The molecule has 0 spiro atoms. The lowest BCUT2D eigenvalue weighted by Crippen LogP contribution is -1.89. The highest BCUT2D eigenvalue weighted by atomic mass is 35.5. The molecule has 0 aliphatic carbocycles. The zero-order chi connectivity index (χ0) is 14.1. The molecule has 0 amide bonds. The second kappa shape index (κ2) is 5.31. The Balaban J connectivity index is 2.08. The standard InChI is InChI=1S/C15H13ClN2OS/c1-9-11(16)8-12(19-2)13-14(9)20-15(18-13)17-10-6-4-3-5-7-10/h3-8H,1-2H3,(H,17,18). The summed E-state index contributed by atoms with van der Waals surface area (Å²) in [5, 5.41) is 4.83. The van der Waals surface area contributed by atoms with Gasteiger partial charge in [-0.05, 0) is 24.6 Å². The van der Waals surface area contributed by atoms with Gasteiger partial charge in [0.15, 0.2) is 5.13 Å². The molecule has 1 heterocycles. The predicted octanol–water partition coefficient (Wildman–Crippen LogP) is 5.01. The van der Waals surface area contributed by atoms with Crippen molar-refractivity contribution in [2.45, 2.75) is 6.92 Å². The Labute approximate surface area is 126 Å². The van der Waals surface area contributed by atoms with Crippen molar-refractivity contribution in [1.82, 2.24) is 4.98 Å². The number of aryl methyl sites for hydroxylation is 1. The van der Waals surface area contributed by atoms with Crippen LogP contribution in [-0.2, 0) is 0 Å². The minimum absolute atomic E-state index is 0.698. The first-order valence-electron chi connectivity index (χ1n) is 6.14. The fourth-order valence-electron chi connectivity index (χ4n) is 2.00. The van der Waals surface area contributed by atoms with Crippen LogP contribution in [0.1, 0.15) is 5.56 Å². The van der Waals surface area contributed by atoms with Crippen molar-refractivity contribution < 1.29 is 4.74 Å². The van der Waals surface area contributed by atoms with Crippen molar-refractivity contribution in [3.05, 3.63) is 47.0 Å². The lowest BCUT2D eigenvalue weighted by molar-refractivity contribution is 0.419. The summed E-state index contributed by atoms with van der Waals surface area (Å²) in [6, 6.07) is 11.8. The number of methoxy groups -OCH3 is 1. The highest BCUT2D eigenvalue weighted by Crippen LogP contribution is 2.39. The third-order valence-corrected chi connectivity index (χ3v) is 4.55. The van der Waals surface area contributed by atoms with Gasteiger partial charge in [0.2, 0.25) is 0 Å². The molecule has 0 bridgehead atoms. The number of rotatable bonds is 3. The fraction of sp³-hybridized carbons (Fsp3) is 0.133. The van der Waals surface area contributed by atoms with Gasteiger partial charge in [-0.2, -0.15) is 0 Å². The number of ether oxygens (including phenoxy) is 1. The lowest BCUT2D eigenvalue weighted by Gasteiger charge is -2.04. The van der Waals surface area contributed by atoms with Crippen molar-refractivity contribution in [3.8, 4) is 5.75 Å². The van der Waals surface area contributed by atoms with E-state index >= 15 is 0 Å². The first-order chi connectivity index (χ1) is 9.69. The maximum absolute atomic E-state index is 6.22. The Morgan fingerprint density at radius 2 is 2.00 bits per heavy atom. The molecule has 0 aliphatic rings. The highest BCUT2D eigenvalue weighted by Gasteiger charge is 2.14. The van der Waals surface area contributed by atoms with E-state index in [1.165, 1.54) is 0 Å². The molecular weight excluding hydrogens is 292 g/mol. The molecule has 3 aromatic rings. The Bertz CT molecular complexity index is 755. The number of hydrogen-bond acceptors (Lipinski definition) is 4. The van der Waals surface area contributed by atoms with Crippen LogP contribution in [0.2, 0.25) is 5.02 Å². The summed E-state index contributed by atoms with van der Waals surface area (Å²) in [4.78, 5) is 4.60. The number of anilines is 2. The van der Waals surface area contributed by atoms with Crippen molar-refractivity contribution in [1.29, 1.82) is 0 Å². The molecule has 20 heavy (non-hydrogen) atoms. The zero-order valence-electron chi connectivity index (χ0n) is 11.1. The first-order valence-corrected chi connectivity index (χ1v) is 7.34. The molecule has 0 radical (unpaired) electrons. The number of thiazole rings is 1. The summed E-state index contributed by atoms with van der Waals surface area (Å²) in [7, 11) is 1.63. The number of halogens is 1. The van der Waals surface area contributed by atoms with Crippen LogP contribution in [0.3, 0.4) is 0 Å². The molecule has 1 N–H and O–H groups in total. The smallest absolute Gasteiger partial charge is 0.188 e. The minimum atomic E-state index is 0.698. The maximum atomic E-state index is 6.22. The van der Waals surface area contributed by atoms with E-state index in [9.17, 15) is 0 Å². The predicted molar refractivity (Wildman–Crippen MR) is 85.6 cm³/mol. The van der Waals surface area contributed by atoms with Gasteiger partial charge in [0, 0.05) is 16.8 Å². The van der Waals surface area contributed by atoms with Gasteiger partial charge in [-0.3, -0.25) is 0 Å². The Hall–Kier alpha value is -1.78. The summed E-state index contributed by atoms with van der Waals surface area (Å²) in [5.74, 6) is 0.702. The highest BCUT2D eigenvalue weighted by molar-refractivity contribution is 7.22. The minimum Gasteiger partial charge on any atom is -0.494 e. The number of nitrogens with zero attached hydrogens (tertiary/aromatic N) is 1. The number of nitrogens with one attached hydrogen (secondary N) is 1. The summed E-state index contributed by atoms with van der Waals surface area (Å²) in [6.45, 7) is 1.99. The monoisotopic (exact) mass is 304 g/mol. The average Bonchev–Trinajstić information content (AvgIpc) is 2.88. The molecule has 0 saturated carbocycles. The van der Waals surface area contributed by atoms with E-state index in [0.717, 1.165) is 26.6 Å². The van der Waals surface area contributed by atoms with Gasteiger partial charge < -0.3 is 10.1 Å². The van der Waals surface area contributed by atoms with E-state index in [0.29, 0.717) is 10.8 Å². The van der Waals surface area contributed by atoms with Crippen molar-refractivity contribution >= 4 is 44.0 Å². The molecule has 3 rings (SSSR count). The van der Waals surface area contributed by atoms with Crippen molar-refractivity contribution in [2.75, 3.05) is 12.4 Å². The largest absolute Gasteiger partial charge is 0.494 e. The van der Waals surface area contributed by atoms with Crippen molar-refractivity contribution in [3.63, 3.8) is 0 Å². The van der Waals surface area contributed by atoms with E-state index in [-0.39, 0.29) is 0 Å². The van der Waals surface area contributed by atoms with Gasteiger partial charge in [-0.15, -0.1) is 0 Å². The van der Waals surface area contributed by atoms with Gasteiger partial charge in [-0.1, -0.05) is 41.1 Å². The van der Waals surface area contributed by atoms with Crippen LogP contribution in [0.4, 0.5) is 10.8 Å². The van der Waals surface area contributed by atoms with Gasteiger partial charge >= 0.3 is 0 Å². The number of fused-ring (bicyclic) bond motifs is 1. The average molecular weight is 305 g/mol. The van der Waals surface area contributed by atoms with Crippen LogP contribution in [0, 0.1) is 6.92 Å². The van der Waals surface area contributed by atoms with Gasteiger partial charge in [-0.25, -0.2) is 4.98 Å². The molecule has 102 valence electrons. The molecule has 0 atom stereocenters. The number of hydrogen-bond donors (Lipinski definition) is 1. The fourth-order valence-corrected chi connectivity index (χ4v) is 3.25. The summed E-state index contributed by atoms with van der Waals surface area (Å²) in [6.07, 6.45) is 0. The molecule has 1 aromatic heterocycles. The molecular formula is C15H13ClN2OS. The van der Waals surface area contributed by atoms with E-state index in [2.05, 4.69) is 10.3 Å². The lowest BCUT2D eigenvalue weighted by atomic mass is 10.2. The van der Waals surface area contributed by atoms with E-state index in [1.807, 2.05) is 43.3 Å². The third-order valence-electron chi connectivity index (χ3n) is 3.06. The van der Waals surface area contributed by atoms with E-state index in [4.69, 9.17) is 16.3 Å². The Kier molecular flexibility index (Phi) is 3.51. The zero-order valence-corrected chi connectivity index (χ0v) is 12.7. The second-order valence-electron chi connectivity index (χ2n) is 4.37. The van der Waals surface area contributed by atoms with Gasteiger partial charge in [0.1, 0.15) is 11.3 Å². The van der Waals surface area contributed by atoms with Crippen molar-refractivity contribution in [2.24, 2.45) is 0 Å². The number of aromatic nitrogens is 1. The molecule has 0 aliphatic heterocycles. The van der Waals surface area contributed by atoms with E-state index < -0.39 is 0 Å². The van der Waals surface area contributed by atoms with Crippen LogP contribution in [0.5, 0.6) is 5.75 Å². The van der Waals surface area contributed by atoms with E-state index in [1.54, 1.807) is 18.4 Å². The molecule has 0 fully saturated rings. The van der Waals surface area contributed by atoms with Crippen LogP contribution >= 0.6 is 22.9 Å². The molecule has 0 saturated heterocycles. The van der Waals surface area contributed by atoms with Crippen LogP contribution in [0.25, 0.3) is 10.2 Å². The van der Waals surface area contributed by atoms with Gasteiger partial charge in [0.25, 0.3) is 0 Å². The molecule has 3 nitrogen and oxygen atoms in total. The van der Waals surface area contributed by atoms with Crippen LogP contribution < -0.4 is 10.1 Å². The normalized spacial score (nSPS) is 10.8. The quantitative estimate of drug-likeness (QED) is 0.738. The third kappa shape index (κ3) is 2.32. The SMILES string of the molecule is COc1cc(Cl)c(C)c2sc(Nc3ccccc3)nc12. The molecule has 5 heteroatoms. The summed E-state index contributed by atoms with van der Waals surface area (Å²) >= 11 is 7.80. The van der Waals surface area contributed by atoms with Crippen LogP contribution in [0.15, 0.2) is 36.4 Å². The molecule has 0 unspecified atom stereocenters. The molecule has 2 aromatic carbocycles. The Morgan fingerprint density at radius 1 is 1.25 bits per heavy atom. The second-order valence-corrected chi connectivity index (χ2v) is 5.78. The van der Waals surface area contributed by atoms with Crippen LogP contribution in [-0.4, -0.2) is 12.1 Å². The topological polar surface area (TPSA) is 34.1 Å². The number of para-hydroxylation sites is 1. The number of benzene rings is 2.